The Balaban J connectivity index is 0.00000180. The molecule has 1 aliphatic rings. The molecule has 2 N–H and O–H groups in total. The highest BCUT2D eigenvalue weighted by molar-refractivity contribution is 14.0. The number of guanidine groups is 1. The molecule has 106 valence electrons. The van der Waals surface area contributed by atoms with Crippen molar-refractivity contribution in [2.24, 2.45) is 4.99 Å². The van der Waals surface area contributed by atoms with Gasteiger partial charge in [0.05, 0.1) is 0 Å². The van der Waals surface area contributed by atoms with Gasteiger partial charge in [-0.25, -0.2) is 0 Å². The van der Waals surface area contributed by atoms with E-state index in [-0.39, 0.29) is 24.0 Å². The SMILES string of the molecule is Cc1cc(N(C)C)ccc1CNC1=NCCCN1.I. The first-order chi connectivity index (χ1) is 8.66. The van der Waals surface area contributed by atoms with E-state index in [2.05, 4.69) is 59.7 Å². The van der Waals surface area contributed by atoms with E-state index in [0.29, 0.717) is 0 Å². The first-order valence-electron chi connectivity index (χ1n) is 6.46. The van der Waals surface area contributed by atoms with Gasteiger partial charge in [0, 0.05) is 39.4 Å². The van der Waals surface area contributed by atoms with Crippen molar-refractivity contribution in [2.75, 3.05) is 32.1 Å². The van der Waals surface area contributed by atoms with Crippen LogP contribution in [0.1, 0.15) is 17.5 Å². The van der Waals surface area contributed by atoms with Crippen molar-refractivity contribution in [3.8, 4) is 0 Å². The molecule has 5 heteroatoms. The number of aryl methyl sites for hydroxylation is 1. The van der Waals surface area contributed by atoms with Crippen LogP contribution in [0, 0.1) is 6.92 Å². The lowest BCUT2D eigenvalue weighted by molar-refractivity contribution is 0.701. The number of hydrogen-bond acceptors (Lipinski definition) is 4. The summed E-state index contributed by atoms with van der Waals surface area (Å²) >= 11 is 0. The Labute approximate surface area is 132 Å². The third kappa shape index (κ3) is 4.56. The van der Waals surface area contributed by atoms with Crippen molar-refractivity contribution in [1.29, 1.82) is 0 Å². The minimum Gasteiger partial charge on any atom is -0.378 e. The molecule has 0 radical (unpaired) electrons. The van der Waals surface area contributed by atoms with Gasteiger partial charge in [0.2, 0.25) is 0 Å². The van der Waals surface area contributed by atoms with E-state index in [4.69, 9.17) is 0 Å². The summed E-state index contributed by atoms with van der Waals surface area (Å²) in [7, 11) is 4.13. The molecule has 0 fully saturated rings. The number of halogens is 1. The van der Waals surface area contributed by atoms with E-state index < -0.39 is 0 Å². The van der Waals surface area contributed by atoms with Crippen molar-refractivity contribution in [3.05, 3.63) is 29.3 Å². The number of nitrogens with zero attached hydrogens (tertiary/aromatic N) is 2. The molecular formula is C14H23IN4. The minimum absolute atomic E-state index is 0. The Morgan fingerprint density at radius 1 is 1.37 bits per heavy atom. The fourth-order valence-electron chi connectivity index (χ4n) is 1.99. The Bertz CT molecular complexity index is 443. The van der Waals surface area contributed by atoms with Gasteiger partial charge in [-0.15, -0.1) is 24.0 Å². The maximum absolute atomic E-state index is 4.41. The molecule has 19 heavy (non-hydrogen) atoms. The Kier molecular flexibility index (Phi) is 6.41. The molecule has 1 aromatic rings. The lowest BCUT2D eigenvalue weighted by Gasteiger charge is -2.18. The van der Waals surface area contributed by atoms with Gasteiger partial charge in [-0.1, -0.05) is 6.07 Å². The largest absolute Gasteiger partial charge is 0.378 e. The van der Waals surface area contributed by atoms with Gasteiger partial charge in [0.1, 0.15) is 0 Å². The van der Waals surface area contributed by atoms with E-state index in [0.717, 1.165) is 32.0 Å². The lowest BCUT2D eigenvalue weighted by atomic mass is 10.1. The second kappa shape index (κ2) is 7.57. The molecule has 0 atom stereocenters. The zero-order valence-electron chi connectivity index (χ0n) is 11.9. The van der Waals surface area contributed by atoms with E-state index >= 15 is 0 Å². The number of hydrogen-bond donors (Lipinski definition) is 2. The summed E-state index contributed by atoms with van der Waals surface area (Å²) in [5, 5.41) is 6.62. The van der Waals surface area contributed by atoms with Gasteiger partial charge in [-0.3, -0.25) is 4.99 Å². The van der Waals surface area contributed by atoms with Crippen molar-refractivity contribution >= 4 is 35.6 Å². The second-order valence-corrected chi connectivity index (χ2v) is 4.87. The van der Waals surface area contributed by atoms with Crippen molar-refractivity contribution in [1.82, 2.24) is 10.6 Å². The zero-order valence-corrected chi connectivity index (χ0v) is 14.2. The maximum Gasteiger partial charge on any atom is 0.191 e. The molecule has 4 nitrogen and oxygen atoms in total. The topological polar surface area (TPSA) is 39.7 Å². The summed E-state index contributed by atoms with van der Waals surface area (Å²) in [6.07, 6.45) is 1.13. The molecule has 2 rings (SSSR count). The smallest absolute Gasteiger partial charge is 0.191 e. The molecule has 0 spiro atoms. The standard InChI is InChI=1S/C14H22N4.HI/c1-11-9-13(18(2)3)6-5-12(11)10-17-14-15-7-4-8-16-14;/h5-6,9H,4,7-8,10H2,1-3H3,(H2,15,16,17);1H. The highest BCUT2D eigenvalue weighted by Crippen LogP contribution is 2.17. The van der Waals surface area contributed by atoms with Gasteiger partial charge < -0.3 is 15.5 Å². The first-order valence-corrected chi connectivity index (χ1v) is 6.46. The molecule has 0 bridgehead atoms. The van der Waals surface area contributed by atoms with Crippen LogP contribution in [0.3, 0.4) is 0 Å². The number of anilines is 1. The van der Waals surface area contributed by atoms with E-state index in [1.54, 1.807) is 0 Å². The van der Waals surface area contributed by atoms with Crippen LogP contribution in [0.2, 0.25) is 0 Å². The van der Waals surface area contributed by atoms with E-state index in [1.807, 2.05) is 0 Å². The van der Waals surface area contributed by atoms with Crippen LogP contribution in [0.5, 0.6) is 0 Å². The van der Waals surface area contributed by atoms with Gasteiger partial charge >= 0.3 is 0 Å². The molecule has 0 amide bonds. The molecule has 0 unspecified atom stereocenters. The Morgan fingerprint density at radius 2 is 2.16 bits per heavy atom. The van der Waals surface area contributed by atoms with Gasteiger partial charge in [0.25, 0.3) is 0 Å². The zero-order chi connectivity index (χ0) is 13.0. The summed E-state index contributed by atoms with van der Waals surface area (Å²) in [6.45, 7) is 4.92. The summed E-state index contributed by atoms with van der Waals surface area (Å²) in [6, 6.07) is 6.55. The van der Waals surface area contributed by atoms with Crippen molar-refractivity contribution in [2.45, 2.75) is 19.9 Å². The number of benzene rings is 1. The minimum atomic E-state index is 0. The quantitative estimate of drug-likeness (QED) is 0.797. The van der Waals surface area contributed by atoms with E-state index in [1.165, 1.54) is 16.8 Å². The average molecular weight is 374 g/mol. The molecule has 0 saturated heterocycles. The first kappa shape index (κ1) is 16.1. The summed E-state index contributed by atoms with van der Waals surface area (Å²) < 4.78 is 0. The fourth-order valence-corrected chi connectivity index (χ4v) is 1.99. The predicted octanol–water partition coefficient (Wildman–Crippen LogP) is 2.12. The molecule has 0 aliphatic carbocycles. The Hall–Kier alpha value is -0.980. The van der Waals surface area contributed by atoms with Crippen LogP contribution in [-0.2, 0) is 6.54 Å². The maximum atomic E-state index is 4.41. The number of aliphatic imine (C=N–C) groups is 1. The van der Waals surface area contributed by atoms with Gasteiger partial charge in [-0.2, -0.15) is 0 Å². The third-order valence-corrected chi connectivity index (χ3v) is 3.19. The molecule has 0 aromatic heterocycles. The van der Waals surface area contributed by atoms with Gasteiger partial charge in [-0.05, 0) is 36.6 Å². The van der Waals surface area contributed by atoms with E-state index in [9.17, 15) is 0 Å². The molecule has 1 heterocycles. The fraction of sp³-hybridized carbons (Fsp3) is 0.500. The monoisotopic (exact) mass is 374 g/mol. The summed E-state index contributed by atoms with van der Waals surface area (Å²) in [5.74, 6) is 0.928. The van der Waals surface area contributed by atoms with Crippen LogP contribution >= 0.6 is 24.0 Å². The molecule has 1 aromatic carbocycles. The van der Waals surface area contributed by atoms with Crippen LogP contribution < -0.4 is 15.5 Å². The number of rotatable bonds is 3. The molecular weight excluding hydrogens is 351 g/mol. The van der Waals surface area contributed by atoms with Crippen LogP contribution in [-0.4, -0.2) is 33.1 Å². The Morgan fingerprint density at radius 3 is 2.74 bits per heavy atom. The van der Waals surface area contributed by atoms with Crippen molar-refractivity contribution in [3.63, 3.8) is 0 Å². The van der Waals surface area contributed by atoms with Crippen LogP contribution in [0.15, 0.2) is 23.2 Å². The average Bonchev–Trinajstić information content (AvgIpc) is 2.38. The molecule has 0 saturated carbocycles. The highest BCUT2D eigenvalue weighted by atomic mass is 127. The lowest BCUT2D eigenvalue weighted by Crippen LogP contribution is -2.40. The third-order valence-electron chi connectivity index (χ3n) is 3.19. The van der Waals surface area contributed by atoms with Crippen LogP contribution in [0.25, 0.3) is 0 Å². The van der Waals surface area contributed by atoms with Crippen LogP contribution in [0.4, 0.5) is 5.69 Å². The van der Waals surface area contributed by atoms with Crippen molar-refractivity contribution < 1.29 is 0 Å². The number of nitrogens with one attached hydrogen (secondary N) is 2. The summed E-state index contributed by atoms with van der Waals surface area (Å²) in [4.78, 5) is 6.53. The van der Waals surface area contributed by atoms with Gasteiger partial charge in [0.15, 0.2) is 5.96 Å². The predicted molar refractivity (Wildman–Crippen MR) is 92.7 cm³/mol. The summed E-state index contributed by atoms with van der Waals surface area (Å²) in [5.41, 5.74) is 3.87. The molecule has 1 aliphatic heterocycles. The normalized spacial score (nSPS) is 13.9. The second-order valence-electron chi connectivity index (χ2n) is 4.87. The highest BCUT2D eigenvalue weighted by Gasteiger charge is 2.05.